The summed E-state index contributed by atoms with van der Waals surface area (Å²) in [6.45, 7) is 3.88. The zero-order valence-electron chi connectivity index (χ0n) is 17.3. The number of thioether (sulfide) groups is 1. The van der Waals surface area contributed by atoms with Crippen molar-refractivity contribution in [1.29, 1.82) is 0 Å². The molecule has 1 N–H and O–H groups in total. The number of ether oxygens (including phenoxy) is 1. The first-order valence-electron chi connectivity index (χ1n) is 10.2. The third-order valence-electron chi connectivity index (χ3n) is 5.32. The molecule has 0 radical (unpaired) electrons. The van der Waals surface area contributed by atoms with Crippen molar-refractivity contribution in [1.82, 2.24) is 20.1 Å². The van der Waals surface area contributed by atoms with Gasteiger partial charge in [-0.15, -0.1) is 10.2 Å². The Hall–Kier alpha value is -2.64. The van der Waals surface area contributed by atoms with Crippen LogP contribution in [0, 0.1) is 6.92 Å². The normalized spacial score (nSPS) is 16.0. The van der Waals surface area contributed by atoms with E-state index in [1.807, 2.05) is 12.1 Å². The molecule has 1 aliphatic heterocycles. The van der Waals surface area contributed by atoms with Gasteiger partial charge < -0.3 is 14.6 Å². The van der Waals surface area contributed by atoms with Crippen LogP contribution < -0.4 is 5.32 Å². The van der Waals surface area contributed by atoms with E-state index in [-0.39, 0.29) is 12.0 Å². The highest BCUT2D eigenvalue weighted by molar-refractivity contribution is 7.98. The van der Waals surface area contributed by atoms with E-state index >= 15 is 0 Å². The average molecular weight is 423 g/mol. The van der Waals surface area contributed by atoms with Gasteiger partial charge in [0.1, 0.15) is 0 Å². The zero-order valence-corrected chi connectivity index (χ0v) is 18.1. The molecule has 1 aliphatic rings. The first-order valence-corrected chi connectivity index (χ1v) is 11.1. The average Bonchev–Trinajstić information content (AvgIpc) is 3.44. The number of esters is 1. The van der Waals surface area contributed by atoms with Gasteiger partial charge in [-0.25, -0.2) is 4.79 Å². The maximum absolute atomic E-state index is 11.6. The highest BCUT2D eigenvalue weighted by Gasteiger charge is 2.24. The van der Waals surface area contributed by atoms with Crippen LogP contribution in [0.4, 0.5) is 0 Å². The lowest BCUT2D eigenvalue weighted by atomic mass is 10.1. The van der Waals surface area contributed by atoms with Crippen LogP contribution in [0.1, 0.15) is 51.8 Å². The molecule has 0 saturated carbocycles. The number of benzene rings is 2. The van der Waals surface area contributed by atoms with Gasteiger partial charge in [0.25, 0.3) is 0 Å². The van der Waals surface area contributed by atoms with E-state index in [4.69, 9.17) is 4.74 Å². The molecule has 6 nitrogen and oxygen atoms in total. The first kappa shape index (κ1) is 20.6. The van der Waals surface area contributed by atoms with Gasteiger partial charge in [-0.2, -0.15) is 0 Å². The number of hydrogen-bond donors (Lipinski definition) is 1. The molecule has 3 aromatic rings. The number of nitrogens with one attached hydrogen (secondary N) is 1. The monoisotopic (exact) mass is 422 g/mol. The molecule has 0 spiro atoms. The fraction of sp³-hybridized carbons (Fsp3) is 0.348. The Kier molecular flexibility index (Phi) is 6.50. The Morgan fingerprint density at radius 3 is 2.53 bits per heavy atom. The maximum Gasteiger partial charge on any atom is 0.337 e. The second-order valence-corrected chi connectivity index (χ2v) is 8.48. The summed E-state index contributed by atoms with van der Waals surface area (Å²) in [5, 5.41) is 13.5. The summed E-state index contributed by atoms with van der Waals surface area (Å²) in [5.41, 5.74) is 4.18. The summed E-state index contributed by atoms with van der Waals surface area (Å²) in [5.74, 6) is 1.45. The van der Waals surface area contributed by atoms with Crippen LogP contribution in [0.3, 0.4) is 0 Å². The van der Waals surface area contributed by atoms with Crippen LogP contribution in [0.25, 0.3) is 0 Å². The molecule has 4 rings (SSSR count). The Labute approximate surface area is 181 Å². The predicted molar refractivity (Wildman–Crippen MR) is 118 cm³/mol. The molecule has 30 heavy (non-hydrogen) atoms. The lowest BCUT2D eigenvalue weighted by Crippen LogP contribution is -2.19. The first-order chi connectivity index (χ1) is 14.6. The molecular weight excluding hydrogens is 396 g/mol. The lowest BCUT2D eigenvalue weighted by Gasteiger charge is -2.14. The van der Waals surface area contributed by atoms with Gasteiger partial charge in [-0.1, -0.05) is 53.7 Å². The second kappa shape index (κ2) is 9.45. The van der Waals surface area contributed by atoms with E-state index in [1.54, 1.807) is 23.9 Å². The van der Waals surface area contributed by atoms with Gasteiger partial charge in [-0.05, 0) is 49.6 Å². The van der Waals surface area contributed by atoms with Crippen molar-refractivity contribution in [3.8, 4) is 0 Å². The number of methoxy groups -OCH3 is 1. The molecule has 156 valence electrons. The minimum Gasteiger partial charge on any atom is -0.465 e. The van der Waals surface area contributed by atoms with Crippen LogP contribution >= 0.6 is 11.8 Å². The van der Waals surface area contributed by atoms with Crippen molar-refractivity contribution in [3.05, 3.63) is 76.6 Å². The van der Waals surface area contributed by atoms with E-state index in [1.165, 1.54) is 18.2 Å². The molecule has 1 saturated heterocycles. The minimum atomic E-state index is -0.319. The van der Waals surface area contributed by atoms with Gasteiger partial charge in [0.05, 0.1) is 25.3 Å². The summed E-state index contributed by atoms with van der Waals surface area (Å²) in [7, 11) is 1.39. The molecule has 2 heterocycles. The van der Waals surface area contributed by atoms with Crippen LogP contribution in [-0.2, 0) is 17.0 Å². The van der Waals surface area contributed by atoms with Crippen LogP contribution in [0.5, 0.6) is 0 Å². The quantitative estimate of drug-likeness (QED) is 0.456. The number of aryl methyl sites for hydroxylation is 1. The van der Waals surface area contributed by atoms with Crippen molar-refractivity contribution in [2.45, 2.75) is 43.3 Å². The van der Waals surface area contributed by atoms with Gasteiger partial charge >= 0.3 is 5.97 Å². The zero-order chi connectivity index (χ0) is 20.9. The highest BCUT2D eigenvalue weighted by Crippen LogP contribution is 2.28. The number of carbonyl (C=O) groups excluding carboxylic acids is 1. The van der Waals surface area contributed by atoms with Gasteiger partial charge in [0.2, 0.25) is 0 Å². The predicted octanol–water partition coefficient (Wildman–Crippen LogP) is 4.14. The van der Waals surface area contributed by atoms with Crippen molar-refractivity contribution in [2.24, 2.45) is 0 Å². The fourth-order valence-electron chi connectivity index (χ4n) is 3.60. The molecule has 1 unspecified atom stereocenters. The van der Waals surface area contributed by atoms with Crippen molar-refractivity contribution in [2.75, 3.05) is 13.7 Å². The molecule has 1 fully saturated rings. The van der Waals surface area contributed by atoms with E-state index in [9.17, 15) is 4.79 Å². The van der Waals surface area contributed by atoms with Crippen LogP contribution in [0.2, 0.25) is 0 Å². The maximum atomic E-state index is 11.6. The second-order valence-electron chi connectivity index (χ2n) is 7.54. The number of aromatic nitrogens is 3. The molecule has 0 aliphatic carbocycles. The SMILES string of the molecule is COC(=O)c1ccc(CSc2nnc(C3CCCN3)n2Cc2ccc(C)cc2)cc1. The van der Waals surface area contributed by atoms with Crippen molar-refractivity contribution < 1.29 is 9.53 Å². The molecular formula is C23H26N4O2S. The lowest BCUT2D eigenvalue weighted by molar-refractivity contribution is 0.0600. The summed E-state index contributed by atoms with van der Waals surface area (Å²) in [4.78, 5) is 11.6. The largest absolute Gasteiger partial charge is 0.465 e. The summed E-state index contributed by atoms with van der Waals surface area (Å²) < 4.78 is 7.00. The topological polar surface area (TPSA) is 69.0 Å². The Balaban J connectivity index is 1.53. The molecule has 1 atom stereocenters. The third kappa shape index (κ3) is 4.74. The number of nitrogens with zero attached hydrogens (tertiary/aromatic N) is 3. The Morgan fingerprint density at radius 2 is 1.87 bits per heavy atom. The number of hydrogen-bond acceptors (Lipinski definition) is 6. The summed E-state index contributed by atoms with van der Waals surface area (Å²) >= 11 is 1.67. The highest BCUT2D eigenvalue weighted by atomic mass is 32.2. The molecule has 7 heteroatoms. The standard InChI is InChI=1S/C23H26N4O2S/c1-16-5-7-17(8-6-16)14-27-21(20-4-3-13-24-20)25-26-23(27)30-15-18-9-11-19(12-10-18)22(28)29-2/h5-12,20,24H,3-4,13-15H2,1-2H3. The molecule has 0 bridgehead atoms. The Morgan fingerprint density at radius 1 is 1.13 bits per heavy atom. The minimum absolute atomic E-state index is 0.261. The number of carbonyl (C=O) groups is 1. The van der Waals surface area contributed by atoms with E-state index < -0.39 is 0 Å². The summed E-state index contributed by atoms with van der Waals surface area (Å²) in [6, 6.07) is 16.4. The Bertz CT molecular complexity index is 993. The van der Waals surface area contributed by atoms with Crippen LogP contribution in [-0.4, -0.2) is 34.4 Å². The van der Waals surface area contributed by atoms with Crippen molar-refractivity contribution in [3.63, 3.8) is 0 Å². The molecule has 2 aromatic carbocycles. The van der Waals surface area contributed by atoms with Gasteiger partial charge in [-0.3, -0.25) is 0 Å². The van der Waals surface area contributed by atoms with Gasteiger partial charge in [0, 0.05) is 5.75 Å². The smallest absolute Gasteiger partial charge is 0.337 e. The fourth-order valence-corrected chi connectivity index (χ4v) is 4.50. The summed E-state index contributed by atoms with van der Waals surface area (Å²) in [6.07, 6.45) is 2.25. The van der Waals surface area contributed by atoms with Gasteiger partial charge in [0.15, 0.2) is 11.0 Å². The third-order valence-corrected chi connectivity index (χ3v) is 6.36. The van der Waals surface area contributed by atoms with Crippen LogP contribution in [0.15, 0.2) is 53.7 Å². The molecule has 0 amide bonds. The van der Waals surface area contributed by atoms with E-state index in [0.29, 0.717) is 5.56 Å². The van der Waals surface area contributed by atoms with E-state index in [2.05, 4.69) is 51.3 Å². The van der Waals surface area contributed by atoms with E-state index in [0.717, 1.165) is 48.2 Å². The molecule has 1 aromatic heterocycles. The number of rotatable bonds is 7. The van der Waals surface area contributed by atoms with Crippen molar-refractivity contribution >= 4 is 17.7 Å².